The summed E-state index contributed by atoms with van der Waals surface area (Å²) in [6, 6.07) is 16.8. The van der Waals surface area contributed by atoms with Crippen LogP contribution in [-0.4, -0.2) is 16.0 Å². The molecule has 0 atom stereocenters. The average Bonchev–Trinajstić information content (AvgIpc) is 3.15. The number of nitrogens with one attached hydrogen (secondary N) is 2. The van der Waals surface area contributed by atoms with E-state index in [4.69, 9.17) is 35.4 Å². The maximum Gasteiger partial charge on any atom is 0.257 e. The monoisotopic (exact) mass is 485 g/mol. The maximum atomic E-state index is 12.5. The molecule has 4 nitrogen and oxygen atoms in total. The second-order valence-electron chi connectivity index (χ2n) is 7.01. The number of hydrogen-bond acceptors (Lipinski definition) is 4. The van der Waals surface area contributed by atoms with E-state index in [0.29, 0.717) is 21.3 Å². The van der Waals surface area contributed by atoms with E-state index in [-0.39, 0.29) is 11.0 Å². The number of aromatic nitrogens is 1. The normalized spacial score (nSPS) is 10.8. The molecule has 1 amide bonds. The summed E-state index contributed by atoms with van der Waals surface area (Å²) in [6.07, 6.45) is 0. The smallest absolute Gasteiger partial charge is 0.257 e. The molecule has 0 saturated heterocycles. The Hall–Kier alpha value is -2.51. The molecule has 4 rings (SSSR count). The van der Waals surface area contributed by atoms with Crippen LogP contribution in [0.25, 0.3) is 20.8 Å². The van der Waals surface area contributed by atoms with Crippen molar-refractivity contribution in [2.24, 2.45) is 0 Å². The Morgan fingerprint density at radius 3 is 2.52 bits per heavy atom. The number of thiazole rings is 1. The summed E-state index contributed by atoms with van der Waals surface area (Å²) >= 11 is 19.7. The lowest BCUT2D eigenvalue weighted by Gasteiger charge is -2.13. The zero-order valence-electron chi connectivity index (χ0n) is 16.6. The Morgan fingerprint density at radius 1 is 1.00 bits per heavy atom. The fraction of sp³-hybridized carbons (Fsp3) is 0.0870. The van der Waals surface area contributed by atoms with Crippen LogP contribution in [0.15, 0.2) is 54.6 Å². The molecule has 0 bridgehead atoms. The Morgan fingerprint density at radius 2 is 1.77 bits per heavy atom. The van der Waals surface area contributed by atoms with Gasteiger partial charge in [0.1, 0.15) is 5.01 Å². The van der Waals surface area contributed by atoms with E-state index < -0.39 is 0 Å². The number of thiocarbonyl (C=S) groups is 1. The van der Waals surface area contributed by atoms with Crippen LogP contribution >= 0.6 is 46.8 Å². The molecular formula is C23H17Cl2N3OS2. The summed E-state index contributed by atoms with van der Waals surface area (Å²) in [5.74, 6) is -0.294. The first-order valence-corrected chi connectivity index (χ1v) is 11.3. The third-order valence-electron chi connectivity index (χ3n) is 4.83. The highest BCUT2D eigenvalue weighted by molar-refractivity contribution is 7.80. The Kier molecular flexibility index (Phi) is 6.25. The van der Waals surface area contributed by atoms with Crippen molar-refractivity contribution in [2.75, 3.05) is 5.32 Å². The highest BCUT2D eigenvalue weighted by Gasteiger charge is 2.15. The summed E-state index contributed by atoms with van der Waals surface area (Å²) in [7, 11) is 0. The molecule has 8 heteroatoms. The van der Waals surface area contributed by atoms with Gasteiger partial charge in [0, 0.05) is 11.1 Å². The van der Waals surface area contributed by atoms with Crippen molar-refractivity contribution in [2.45, 2.75) is 13.8 Å². The van der Waals surface area contributed by atoms with E-state index in [1.54, 1.807) is 18.2 Å². The van der Waals surface area contributed by atoms with Gasteiger partial charge in [-0.15, -0.1) is 11.3 Å². The molecule has 1 heterocycles. The first-order chi connectivity index (χ1) is 14.8. The Balaban J connectivity index is 1.56. The van der Waals surface area contributed by atoms with E-state index in [1.807, 2.05) is 50.2 Å². The highest BCUT2D eigenvalue weighted by atomic mass is 35.5. The Bertz CT molecular complexity index is 1300. The molecule has 156 valence electrons. The van der Waals surface area contributed by atoms with Crippen molar-refractivity contribution < 1.29 is 4.79 Å². The zero-order valence-corrected chi connectivity index (χ0v) is 19.8. The molecule has 0 unspecified atom stereocenters. The number of amides is 1. The molecule has 3 aromatic carbocycles. The van der Waals surface area contributed by atoms with E-state index in [1.165, 1.54) is 11.3 Å². The van der Waals surface area contributed by atoms with Gasteiger partial charge in [-0.1, -0.05) is 41.4 Å². The summed E-state index contributed by atoms with van der Waals surface area (Å²) < 4.78 is 1.06. The fourth-order valence-corrected chi connectivity index (χ4v) is 4.78. The van der Waals surface area contributed by atoms with Crippen LogP contribution in [0.4, 0.5) is 5.69 Å². The molecule has 2 N–H and O–H groups in total. The molecule has 0 spiro atoms. The molecule has 4 aromatic rings. The number of para-hydroxylation sites is 1. The fourth-order valence-electron chi connectivity index (χ4n) is 3.01. The lowest BCUT2D eigenvalue weighted by atomic mass is 10.1. The predicted molar refractivity (Wildman–Crippen MR) is 135 cm³/mol. The van der Waals surface area contributed by atoms with Gasteiger partial charge in [0.25, 0.3) is 5.91 Å². The minimum Gasteiger partial charge on any atom is -0.331 e. The number of carbonyl (C=O) groups excluding carboxylic acids is 1. The van der Waals surface area contributed by atoms with Gasteiger partial charge in [0.05, 0.1) is 25.9 Å². The SMILES string of the molecule is Cc1ccc(C(=O)NC(=S)Nc2cc(-c3nc4ccccc4s3)c(Cl)cc2Cl)cc1C. The third kappa shape index (κ3) is 4.72. The van der Waals surface area contributed by atoms with Gasteiger partial charge in [0.2, 0.25) is 0 Å². The second kappa shape index (κ2) is 8.93. The standard InChI is InChI=1S/C23H17Cl2N3OS2/c1-12-7-8-14(9-13(12)2)21(29)28-23(30)27-19-10-15(16(24)11-17(19)25)22-26-18-5-3-4-6-20(18)31-22/h3-11H,1-2H3,(H2,27,28,29,30). The number of benzene rings is 3. The van der Waals surface area contributed by atoms with Gasteiger partial charge in [-0.05, 0) is 73.6 Å². The van der Waals surface area contributed by atoms with Crippen LogP contribution in [0.1, 0.15) is 21.5 Å². The van der Waals surface area contributed by atoms with E-state index >= 15 is 0 Å². The number of hydrogen-bond donors (Lipinski definition) is 2. The topological polar surface area (TPSA) is 54.0 Å². The second-order valence-corrected chi connectivity index (χ2v) is 9.26. The minimum atomic E-state index is -0.294. The van der Waals surface area contributed by atoms with Crippen molar-refractivity contribution in [3.63, 3.8) is 0 Å². The van der Waals surface area contributed by atoms with Crippen LogP contribution in [0, 0.1) is 13.8 Å². The van der Waals surface area contributed by atoms with Crippen molar-refractivity contribution in [3.8, 4) is 10.6 Å². The number of anilines is 1. The summed E-state index contributed by atoms with van der Waals surface area (Å²) in [4.78, 5) is 17.2. The molecule has 0 saturated carbocycles. The summed E-state index contributed by atoms with van der Waals surface area (Å²) in [5.41, 5.74) is 4.85. The van der Waals surface area contributed by atoms with Crippen LogP contribution in [0.5, 0.6) is 0 Å². The first kappa shape index (κ1) is 21.7. The number of fused-ring (bicyclic) bond motifs is 1. The van der Waals surface area contributed by atoms with E-state index in [0.717, 1.165) is 31.9 Å². The minimum absolute atomic E-state index is 0.141. The highest BCUT2D eigenvalue weighted by Crippen LogP contribution is 2.38. The Labute approximate surface area is 199 Å². The van der Waals surface area contributed by atoms with Crippen molar-refractivity contribution in [1.82, 2.24) is 10.3 Å². The molecule has 0 aliphatic carbocycles. The van der Waals surface area contributed by atoms with Gasteiger partial charge in [-0.3, -0.25) is 10.1 Å². The number of nitrogens with zero attached hydrogens (tertiary/aromatic N) is 1. The maximum absolute atomic E-state index is 12.5. The van der Waals surface area contributed by atoms with Crippen molar-refractivity contribution in [1.29, 1.82) is 0 Å². The molecule has 0 radical (unpaired) electrons. The van der Waals surface area contributed by atoms with Crippen LogP contribution in [-0.2, 0) is 0 Å². The van der Waals surface area contributed by atoms with Gasteiger partial charge in [-0.25, -0.2) is 4.98 Å². The quantitative estimate of drug-likeness (QED) is 0.306. The van der Waals surface area contributed by atoms with Gasteiger partial charge >= 0.3 is 0 Å². The molecule has 31 heavy (non-hydrogen) atoms. The number of halogens is 2. The molecule has 0 aliphatic heterocycles. The first-order valence-electron chi connectivity index (χ1n) is 9.36. The molecule has 0 fully saturated rings. The lowest BCUT2D eigenvalue weighted by molar-refractivity contribution is 0.0977. The van der Waals surface area contributed by atoms with Crippen LogP contribution < -0.4 is 10.6 Å². The summed E-state index contributed by atoms with van der Waals surface area (Å²) in [5, 5.41) is 7.47. The third-order valence-corrected chi connectivity index (χ3v) is 6.72. The van der Waals surface area contributed by atoms with Crippen LogP contribution in [0.2, 0.25) is 10.0 Å². The van der Waals surface area contributed by atoms with Crippen LogP contribution in [0.3, 0.4) is 0 Å². The number of rotatable bonds is 3. The molecular weight excluding hydrogens is 469 g/mol. The van der Waals surface area contributed by atoms with Gasteiger partial charge in [-0.2, -0.15) is 0 Å². The lowest BCUT2D eigenvalue weighted by Crippen LogP contribution is -2.34. The molecule has 0 aliphatic rings. The number of carbonyl (C=O) groups is 1. The largest absolute Gasteiger partial charge is 0.331 e. The van der Waals surface area contributed by atoms with E-state index in [9.17, 15) is 4.79 Å². The zero-order chi connectivity index (χ0) is 22.1. The van der Waals surface area contributed by atoms with E-state index in [2.05, 4.69) is 15.6 Å². The number of aryl methyl sites for hydroxylation is 2. The van der Waals surface area contributed by atoms with Crippen molar-refractivity contribution >= 4 is 73.7 Å². The predicted octanol–water partition coefficient (Wildman–Crippen LogP) is 7.01. The molecule has 1 aromatic heterocycles. The van der Waals surface area contributed by atoms with Crippen molar-refractivity contribution in [3.05, 3.63) is 81.3 Å². The average molecular weight is 486 g/mol. The van der Waals surface area contributed by atoms with Gasteiger partial charge < -0.3 is 5.32 Å². The van der Waals surface area contributed by atoms with Gasteiger partial charge in [0.15, 0.2) is 5.11 Å². The summed E-state index contributed by atoms with van der Waals surface area (Å²) in [6.45, 7) is 3.95.